The monoisotopic (exact) mass is 506 g/mol. The van der Waals surface area contributed by atoms with Gasteiger partial charge in [0.15, 0.2) is 0 Å². The summed E-state index contributed by atoms with van der Waals surface area (Å²) in [6.45, 7) is 4.90. The molecule has 1 amide bonds. The summed E-state index contributed by atoms with van der Waals surface area (Å²) >= 11 is 12.6. The molecule has 5 rings (SSSR count). The molecule has 0 spiro atoms. The zero-order valence-corrected chi connectivity index (χ0v) is 21.0. The number of nitrogens with zero attached hydrogens (tertiary/aromatic N) is 4. The number of hydrogen-bond acceptors (Lipinski definition) is 4. The van der Waals surface area contributed by atoms with Crippen molar-refractivity contribution in [1.29, 1.82) is 0 Å². The van der Waals surface area contributed by atoms with E-state index in [-0.39, 0.29) is 11.9 Å². The molecule has 1 fully saturated rings. The van der Waals surface area contributed by atoms with E-state index in [1.807, 2.05) is 54.6 Å². The molecule has 3 aromatic carbocycles. The second-order valence-corrected chi connectivity index (χ2v) is 9.92. The third kappa shape index (κ3) is 5.76. The van der Waals surface area contributed by atoms with Gasteiger partial charge < -0.3 is 0 Å². The molecule has 0 N–H and O–H groups in total. The number of hydrogen-bond donors (Lipinski definition) is 0. The molecule has 7 heteroatoms. The SMILES string of the molecule is O=C(CN1CCN(Cc2ccccc2)CC1)N1N=C(c2ccccc2Cl)CC1c1ccc(Cl)cc1. The molecule has 0 aromatic heterocycles. The fourth-order valence-corrected chi connectivity index (χ4v) is 5.12. The molecule has 1 saturated heterocycles. The van der Waals surface area contributed by atoms with Crippen LogP contribution in [0, 0.1) is 0 Å². The maximum absolute atomic E-state index is 13.5. The van der Waals surface area contributed by atoms with Crippen molar-refractivity contribution in [3.8, 4) is 0 Å². The van der Waals surface area contributed by atoms with Crippen molar-refractivity contribution < 1.29 is 4.79 Å². The molecule has 1 unspecified atom stereocenters. The lowest BCUT2D eigenvalue weighted by Gasteiger charge is -2.35. The lowest BCUT2D eigenvalue weighted by Crippen LogP contribution is -2.49. The Morgan fingerprint density at radius 3 is 2.20 bits per heavy atom. The number of rotatable bonds is 6. The quantitative estimate of drug-likeness (QED) is 0.443. The van der Waals surface area contributed by atoms with Gasteiger partial charge in [0.25, 0.3) is 5.91 Å². The molecule has 3 aromatic rings. The fraction of sp³-hybridized carbons (Fsp3) is 0.286. The molecule has 0 saturated carbocycles. The first kappa shape index (κ1) is 24.0. The average Bonchev–Trinajstić information content (AvgIpc) is 3.32. The van der Waals surface area contributed by atoms with Crippen LogP contribution < -0.4 is 0 Å². The Morgan fingerprint density at radius 2 is 1.49 bits per heavy atom. The molecule has 1 atom stereocenters. The number of benzene rings is 3. The first-order valence-corrected chi connectivity index (χ1v) is 12.7. The van der Waals surface area contributed by atoms with Crippen molar-refractivity contribution in [3.05, 3.63) is 106 Å². The summed E-state index contributed by atoms with van der Waals surface area (Å²) in [6.07, 6.45) is 0.613. The lowest BCUT2D eigenvalue weighted by molar-refractivity contribution is -0.134. The molecule has 2 heterocycles. The zero-order valence-electron chi connectivity index (χ0n) is 19.5. The van der Waals surface area contributed by atoms with Gasteiger partial charge in [0, 0.05) is 54.8 Å². The summed E-state index contributed by atoms with van der Waals surface area (Å²) in [5.74, 6) is 0.00325. The molecule has 0 aliphatic carbocycles. The number of carbonyl (C=O) groups is 1. The molecule has 0 bridgehead atoms. The Kier molecular flexibility index (Phi) is 7.49. The van der Waals surface area contributed by atoms with E-state index in [0.29, 0.717) is 23.0 Å². The average molecular weight is 507 g/mol. The highest BCUT2D eigenvalue weighted by Gasteiger charge is 2.34. The third-order valence-electron chi connectivity index (χ3n) is 6.68. The van der Waals surface area contributed by atoms with Gasteiger partial charge in [0.2, 0.25) is 0 Å². The van der Waals surface area contributed by atoms with Crippen molar-refractivity contribution in [2.24, 2.45) is 5.10 Å². The van der Waals surface area contributed by atoms with Gasteiger partial charge in [-0.05, 0) is 29.3 Å². The highest BCUT2D eigenvalue weighted by Crippen LogP contribution is 2.35. The maximum Gasteiger partial charge on any atom is 0.257 e. The summed E-state index contributed by atoms with van der Waals surface area (Å²) in [4.78, 5) is 18.2. The normalized spacial score (nSPS) is 19.1. The van der Waals surface area contributed by atoms with Gasteiger partial charge in [-0.15, -0.1) is 0 Å². The van der Waals surface area contributed by atoms with E-state index in [1.54, 1.807) is 5.01 Å². The molecular weight excluding hydrogens is 479 g/mol. The summed E-state index contributed by atoms with van der Waals surface area (Å²) in [5.41, 5.74) is 4.04. The van der Waals surface area contributed by atoms with Gasteiger partial charge in [-0.3, -0.25) is 14.6 Å². The van der Waals surface area contributed by atoms with Crippen LogP contribution in [-0.4, -0.2) is 59.2 Å². The molecular formula is C28H28Cl2N4O. The van der Waals surface area contributed by atoms with Gasteiger partial charge in [-0.1, -0.05) is 83.9 Å². The Hall–Kier alpha value is -2.70. The number of halogens is 2. The van der Waals surface area contributed by atoms with Crippen molar-refractivity contribution >= 4 is 34.8 Å². The van der Waals surface area contributed by atoms with Crippen molar-refractivity contribution in [2.75, 3.05) is 32.7 Å². The van der Waals surface area contributed by atoms with E-state index >= 15 is 0 Å². The molecule has 2 aliphatic heterocycles. The van der Waals surface area contributed by atoms with Crippen molar-refractivity contribution in [1.82, 2.24) is 14.8 Å². The minimum atomic E-state index is -0.176. The predicted octanol–water partition coefficient (Wildman–Crippen LogP) is 5.49. The molecule has 2 aliphatic rings. The largest absolute Gasteiger partial charge is 0.297 e. The van der Waals surface area contributed by atoms with Crippen LogP contribution in [0.4, 0.5) is 0 Å². The van der Waals surface area contributed by atoms with Crippen LogP contribution in [0.15, 0.2) is 84.0 Å². The van der Waals surface area contributed by atoms with Crippen LogP contribution in [0.2, 0.25) is 10.0 Å². The van der Waals surface area contributed by atoms with Crippen LogP contribution >= 0.6 is 23.2 Å². The summed E-state index contributed by atoms with van der Waals surface area (Å²) in [5, 5.41) is 7.75. The summed E-state index contributed by atoms with van der Waals surface area (Å²) in [7, 11) is 0. The first-order valence-electron chi connectivity index (χ1n) is 12.0. The third-order valence-corrected chi connectivity index (χ3v) is 7.26. The summed E-state index contributed by atoms with van der Waals surface area (Å²) in [6, 6.07) is 25.7. The van der Waals surface area contributed by atoms with Crippen LogP contribution in [0.1, 0.15) is 29.2 Å². The molecule has 5 nitrogen and oxygen atoms in total. The minimum Gasteiger partial charge on any atom is -0.297 e. The second kappa shape index (κ2) is 10.9. The molecule has 0 radical (unpaired) electrons. The van der Waals surface area contributed by atoms with Crippen LogP contribution in [-0.2, 0) is 11.3 Å². The van der Waals surface area contributed by atoms with Crippen LogP contribution in [0.5, 0.6) is 0 Å². The Balaban J connectivity index is 1.28. The topological polar surface area (TPSA) is 39.2 Å². The predicted molar refractivity (Wildman–Crippen MR) is 142 cm³/mol. The number of piperazine rings is 1. The fourth-order valence-electron chi connectivity index (χ4n) is 4.75. The zero-order chi connectivity index (χ0) is 24.2. The standard InChI is InChI=1S/C28H28Cl2N4O/c29-23-12-10-22(11-13-23)27-18-26(24-8-4-5-9-25(24)30)31-34(27)28(35)20-33-16-14-32(15-17-33)19-21-6-2-1-3-7-21/h1-13,27H,14-20H2. The first-order chi connectivity index (χ1) is 17.1. The highest BCUT2D eigenvalue weighted by molar-refractivity contribution is 6.34. The minimum absolute atomic E-state index is 0.00325. The van der Waals surface area contributed by atoms with Crippen molar-refractivity contribution in [2.45, 2.75) is 19.0 Å². The van der Waals surface area contributed by atoms with Crippen LogP contribution in [0.3, 0.4) is 0 Å². The smallest absolute Gasteiger partial charge is 0.257 e. The van der Waals surface area contributed by atoms with Crippen molar-refractivity contribution in [3.63, 3.8) is 0 Å². The number of hydrazone groups is 1. The Labute approximate surface area is 216 Å². The van der Waals surface area contributed by atoms with E-state index in [0.717, 1.165) is 49.6 Å². The van der Waals surface area contributed by atoms with E-state index < -0.39 is 0 Å². The second-order valence-electron chi connectivity index (χ2n) is 9.07. The van der Waals surface area contributed by atoms with Gasteiger partial charge in [-0.2, -0.15) is 5.10 Å². The van der Waals surface area contributed by atoms with Crippen LogP contribution in [0.25, 0.3) is 0 Å². The van der Waals surface area contributed by atoms with E-state index in [2.05, 4.69) is 34.1 Å². The van der Waals surface area contributed by atoms with Gasteiger partial charge in [0.1, 0.15) is 0 Å². The molecule has 35 heavy (non-hydrogen) atoms. The van der Waals surface area contributed by atoms with Gasteiger partial charge >= 0.3 is 0 Å². The van der Waals surface area contributed by atoms with Gasteiger partial charge in [-0.25, -0.2) is 5.01 Å². The maximum atomic E-state index is 13.5. The number of carbonyl (C=O) groups excluding carboxylic acids is 1. The van der Waals surface area contributed by atoms with E-state index in [4.69, 9.17) is 28.3 Å². The number of amides is 1. The lowest BCUT2D eigenvalue weighted by atomic mass is 9.98. The van der Waals surface area contributed by atoms with E-state index in [9.17, 15) is 4.79 Å². The Bertz CT molecular complexity index is 1190. The Morgan fingerprint density at radius 1 is 0.829 bits per heavy atom. The van der Waals surface area contributed by atoms with Gasteiger partial charge in [0.05, 0.1) is 18.3 Å². The highest BCUT2D eigenvalue weighted by atomic mass is 35.5. The summed E-state index contributed by atoms with van der Waals surface area (Å²) < 4.78 is 0. The van der Waals surface area contributed by atoms with E-state index in [1.165, 1.54) is 5.56 Å². The molecule has 180 valence electrons.